The van der Waals surface area contributed by atoms with Crippen LogP contribution in [0.5, 0.6) is 0 Å². The molecule has 0 bridgehead atoms. The Morgan fingerprint density at radius 1 is 1.31 bits per heavy atom. The molecule has 3 atom stereocenters. The highest BCUT2D eigenvalue weighted by atomic mass is 16.5. The molecule has 16 heavy (non-hydrogen) atoms. The van der Waals surface area contributed by atoms with Crippen LogP contribution >= 0.6 is 0 Å². The van der Waals surface area contributed by atoms with Gasteiger partial charge in [0.1, 0.15) is 0 Å². The van der Waals surface area contributed by atoms with Gasteiger partial charge in [-0.05, 0) is 33.7 Å². The van der Waals surface area contributed by atoms with Gasteiger partial charge < -0.3 is 19.5 Å². The molecule has 0 aromatic heterocycles. The summed E-state index contributed by atoms with van der Waals surface area (Å²) in [6.45, 7) is 4.87. The first-order chi connectivity index (χ1) is 7.54. The van der Waals surface area contributed by atoms with Crippen molar-refractivity contribution in [2.24, 2.45) is 0 Å². The summed E-state index contributed by atoms with van der Waals surface area (Å²) < 4.78 is 16.5. The molecule has 1 saturated carbocycles. The predicted octanol–water partition coefficient (Wildman–Crippen LogP) is 1.19. The van der Waals surface area contributed by atoms with Crippen LogP contribution in [0.3, 0.4) is 0 Å². The molecule has 0 saturated heterocycles. The first kappa shape index (κ1) is 13.9. The second-order valence-corrected chi connectivity index (χ2v) is 4.95. The largest absolute Gasteiger partial charge is 0.379 e. The molecule has 4 nitrogen and oxygen atoms in total. The number of likely N-dealkylation sites (N-methyl/N-ethyl adjacent to an activating group) is 1. The molecule has 0 radical (unpaired) electrons. The smallest absolute Gasteiger partial charge is 0.0986 e. The Hall–Kier alpha value is -0.160. The highest BCUT2D eigenvalue weighted by Crippen LogP contribution is 2.27. The van der Waals surface area contributed by atoms with Crippen molar-refractivity contribution in [1.29, 1.82) is 0 Å². The van der Waals surface area contributed by atoms with E-state index in [1.165, 1.54) is 0 Å². The molecule has 1 aliphatic rings. The Kier molecular flexibility index (Phi) is 5.18. The number of hydrogen-bond donors (Lipinski definition) is 1. The lowest BCUT2D eigenvalue weighted by molar-refractivity contribution is -0.140. The Balaban J connectivity index is 2.20. The fourth-order valence-electron chi connectivity index (χ4n) is 1.90. The van der Waals surface area contributed by atoms with Crippen molar-refractivity contribution in [3.63, 3.8) is 0 Å². The SMILES string of the molecule is CNC1CC(OCCC(C)(C)OC)C1OC. The third-order valence-electron chi connectivity index (χ3n) is 3.48. The minimum absolute atomic E-state index is 0.102. The van der Waals surface area contributed by atoms with Gasteiger partial charge in [-0.2, -0.15) is 0 Å². The van der Waals surface area contributed by atoms with Crippen LogP contribution < -0.4 is 5.32 Å². The zero-order valence-corrected chi connectivity index (χ0v) is 11.1. The van der Waals surface area contributed by atoms with Gasteiger partial charge >= 0.3 is 0 Å². The van der Waals surface area contributed by atoms with E-state index in [-0.39, 0.29) is 17.8 Å². The van der Waals surface area contributed by atoms with E-state index in [9.17, 15) is 0 Å². The van der Waals surface area contributed by atoms with Gasteiger partial charge in [0.2, 0.25) is 0 Å². The van der Waals surface area contributed by atoms with Crippen molar-refractivity contribution in [2.45, 2.75) is 50.5 Å². The normalized spacial score (nSPS) is 30.2. The summed E-state index contributed by atoms with van der Waals surface area (Å²) >= 11 is 0. The average Bonchev–Trinajstić information content (AvgIpc) is 2.23. The van der Waals surface area contributed by atoms with E-state index in [0.29, 0.717) is 6.04 Å². The number of hydrogen-bond acceptors (Lipinski definition) is 4. The van der Waals surface area contributed by atoms with Gasteiger partial charge in [0, 0.05) is 26.9 Å². The fourth-order valence-corrected chi connectivity index (χ4v) is 1.90. The van der Waals surface area contributed by atoms with E-state index in [1.807, 2.05) is 7.05 Å². The summed E-state index contributed by atoms with van der Waals surface area (Å²) in [5.74, 6) is 0. The van der Waals surface area contributed by atoms with E-state index in [4.69, 9.17) is 14.2 Å². The van der Waals surface area contributed by atoms with Gasteiger partial charge in [-0.15, -0.1) is 0 Å². The Labute approximate surface area is 98.6 Å². The van der Waals surface area contributed by atoms with Crippen molar-refractivity contribution in [3.8, 4) is 0 Å². The number of rotatable bonds is 7. The van der Waals surface area contributed by atoms with E-state index >= 15 is 0 Å². The lowest BCUT2D eigenvalue weighted by atomic mass is 9.85. The van der Waals surface area contributed by atoms with E-state index in [0.717, 1.165) is 19.4 Å². The third kappa shape index (κ3) is 3.42. The average molecular weight is 231 g/mol. The summed E-state index contributed by atoms with van der Waals surface area (Å²) in [7, 11) is 5.43. The number of methoxy groups -OCH3 is 2. The minimum atomic E-state index is -0.102. The molecular formula is C12H25NO3. The van der Waals surface area contributed by atoms with Crippen molar-refractivity contribution < 1.29 is 14.2 Å². The topological polar surface area (TPSA) is 39.7 Å². The molecule has 3 unspecified atom stereocenters. The standard InChI is InChI=1S/C12H25NO3/c1-12(2,15-5)6-7-16-10-8-9(13-3)11(10)14-4/h9-11,13H,6-8H2,1-5H3. The quantitative estimate of drug-likeness (QED) is 0.714. The second kappa shape index (κ2) is 5.96. The molecule has 0 aromatic carbocycles. The van der Waals surface area contributed by atoms with Crippen LogP contribution in [0, 0.1) is 0 Å². The molecular weight excluding hydrogens is 206 g/mol. The summed E-state index contributed by atoms with van der Waals surface area (Å²) in [5.41, 5.74) is -0.102. The Morgan fingerprint density at radius 3 is 2.50 bits per heavy atom. The van der Waals surface area contributed by atoms with Crippen LogP contribution in [0.15, 0.2) is 0 Å². The summed E-state index contributed by atoms with van der Waals surface area (Å²) in [6, 6.07) is 0.436. The monoisotopic (exact) mass is 231 g/mol. The van der Waals surface area contributed by atoms with Crippen molar-refractivity contribution in [3.05, 3.63) is 0 Å². The maximum absolute atomic E-state index is 5.81. The molecule has 1 fully saturated rings. The maximum Gasteiger partial charge on any atom is 0.0986 e. The van der Waals surface area contributed by atoms with Crippen LogP contribution in [0.1, 0.15) is 26.7 Å². The van der Waals surface area contributed by atoms with Crippen LogP contribution in [0.4, 0.5) is 0 Å². The van der Waals surface area contributed by atoms with Gasteiger partial charge in [0.05, 0.1) is 17.8 Å². The number of nitrogens with one attached hydrogen (secondary N) is 1. The van der Waals surface area contributed by atoms with Crippen LogP contribution in [-0.4, -0.2) is 51.7 Å². The van der Waals surface area contributed by atoms with Crippen molar-refractivity contribution in [1.82, 2.24) is 5.32 Å². The van der Waals surface area contributed by atoms with Gasteiger partial charge in [-0.3, -0.25) is 0 Å². The maximum atomic E-state index is 5.81. The predicted molar refractivity (Wildman–Crippen MR) is 63.7 cm³/mol. The highest BCUT2D eigenvalue weighted by Gasteiger charge is 2.41. The molecule has 1 N–H and O–H groups in total. The minimum Gasteiger partial charge on any atom is -0.379 e. The van der Waals surface area contributed by atoms with Gasteiger partial charge in [-0.1, -0.05) is 0 Å². The molecule has 0 spiro atoms. The molecule has 96 valence electrons. The van der Waals surface area contributed by atoms with Crippen molar-refractivity contribution in [2.75, 3.05) is 27.9 Å². The molecule has 0 amide bonds. The Morgan fingerprint density at radius 2 is 2.00 bits per heavy atom. The van der Waals surface area contributed by atoms with Gasteiger partial charge in [0.15, 0.2) is 0 Å². The fraction of sp³-hybridized carbons (Fsp3) is 1.00. The molecule has 0 heterocycles. The van der Waals surface area contributed by atoms with Crippen LogP contribution in [-0.2, 0) is 14.2 Å². The van der Waals surface area contributed by atoms with Crippen LogP contribution in [0.25, 0.3) is 0 Å². The highest BCUT2D eigenvalue weighted by molar-refractivity contribution is 4.96. The first-order valence-electron chi connectivity index (χ1n) is 5.91. The Bertz CT molecular complexity index is 208. The molecule has 1 aliphatic carbocycles. The van der Waals surface area contributed by atoms with E-state index in [1.54, 1.807) is 14.2 Å². The van der Waals surface area contributed by atoms with Gasteiger partial charge in [-0.25, -0.2) is 0 Å². The summed E-state index contributed by atoms with van der Waals surface area (Å²) in [6.07, 6.45) is 2.36. The zero-order valence-electron chi connectivity index (χ0n) is 11.1. The molecule has 1 rings (SSSR count). The van der Waals surface area contributed by atoms with Crippen LogP contribution in [0.2, 0.25) is 0 Å². The summed E-state index contributed by atoms with van der Waals surface area (Å²) in [5, 5.41) is 3.22. The van der Waals surface area contributed by atoms with E-state index < -0.39 is 0 Å². The summed E-state index contributed by atoms with van der Waals surface area (Å²) in [4.78, 5) is 0. The second-order valence-electron chi connectivity index (χ2n) is 4.95. The zero-order chi connectivity index (χ0) is 12.2. The lowest BCUT2D eigenvalue weighted by Gasteiger charge is -2.43. The lowest BCUT2D eigenvalue weighted by Crippen LogP contribution is -2.59. The van der Waals surface area contributed by atoms with Gasteiger partial charge in [0.25, 0.3) is 0 Å². The molecule has 0 aliphatic heterocycles. The van der Waals surface area contributed by atoms with Crippen molar-refractivity contribution >= 4 is 0 Å². The third-order valence-corrected chi connectivity index (χ3v) is 3.48. The molecule has 0 aromatic rings. The molecule has 4 heteroatoms. The number of ether oxygens (including phenoxy) is 3. The first-order valence-corrected chi connectivity index (χ1v) is 5.91. The van der Waals surface area contributed by atoms with E-state index in [2.05, 4.69) is 19.2 Å².